The third-order valence-corrected chi connectivity index (χ3v) is 2.05. The Morgan fingerprint density at radius 3 is 2.79 bits per heavy atom. The molecule has 5 N–H and O–H groups in total. The van der Waals surface area contributed by atoms with Crippen molar-refractivity contribution in [1.29, 1.82) is 5.26 Å². The first kappa shape index (κ1) is 10.5. The molecule has 0 aliphatic rings. The van der Waals surface area contributed by atoms with E-state index in [-0.39, 0.29) is 19.1 Å². The summed E-state index contributed by atoms with van der Waals surface area (Å²) >= 11 is 0. The van der Waals surface area contributed by atoms with E-state index in [0.717, 1.165) is 5.56 Å². The molecule has 0 aromatic heterocycles. The maximum Gasteiger partial charge on any atom is 0.0685 e. The molecule has 1 aromatic carbocycles. The van der Waals surface area contributed by atoms with E-state index in [0.29, 0.717) is 11.3 Å². The van der Waals surface area contributed by atoms with Gasteiger partial charge in [-0.3, -0.25) is 0 Å². The lowest BCUT2D eigenvalue weighted by atomic mass is 9.99. The smallest absolute Gasteiger partial charge is 0.0685 e. The second-order valence-electron chi connectivity index (χ2n) is 3.09. The molecular formula is C10H13N3O. The third-order valence-electron chi connectivity index (χ3n) is 2.05. The van der Waals surface area contributed by atoms with Crippen LogP contribution in [-0.4, -0.2) is 5.11 Å². The van der Waals surface area contributed by atoms with Crippen LogP contribution in [0.4, 0.5) is 5.69 Å². The van der Waals surface area contributed by atoms with Crippen LogP contribution in [0.15, 0.2) is 18.2 Å². The average Bonchev–Trinajstić information content (AvgIpc) is 2.17. The molecule has 14 heavy (non-hydrogen) atoms. The Balaban J connectivity index is 3.02. The quantitative estimate of drug-likeness (QED) is 0.612. The van der Waals surface area contributed by atoms with Crippen molar-refractivity contribution in [2.75, 3.05) is 5.73 Å². The first-order valence-corrected chi connectivity index (χ1v) is 4.30. The maximum atomic E-state index is 9.07. The zero-order valence-electron chi connectivity index (χ0n) is 7.77. The fraction of sp³-hybridized carbons (Fsp3) is 0.300. The summed E-state index contributed by atoms with van der Waals surface area (Å²) < 4.78 is 0. The molecule has 0 unspecified atom stereocenters. The molecule has 0 fully saturated rings. The van der Waals surface area contributed by atoms with Crippen LogP contribution in [-0.2, 0) is 6.61 Å². The van der Waals surface area contributed by atoms with Gasteiger partial charge in [0.1, 0.15) is 0 Å². The number of nitrogen functional groups attached to an aromatic ring is 1. The normalized spacial score (nSPS) is 12.1. The zero-order valence-corrected chi connectivity index (χ0v) is 7.77. The van der Waals surface area contributed by atoms with Crippen molar-refractivity contribution in [3.63, 3.8) is 0 Å². The van der Waals surface area contributed by atoms with Gasteiger partial charge in [0.25, 0.3) is 0 Å². The van der Waals surface area contributed by atoms with Gasteiger partial charge in [0.2, 0.25) is 0 Å². The van der Waals surface area contributed by atoms with Crippen LogP contribution in [0.1, 0.15) is 23.6 Å². The topological polar surface area (TPSA) is 96.1 Å². The van der Waals surface area contributed by atoms with Crippen molar-refractivity contribution in [2.45, 2.75) is 19.1 Å². The molecule has 0 spiro atoms. The number of hydrogen-bond donors (Lipinski definition) is 3. The van der Waals surface area contributed by atoms with Crippen molar-refractivity contribution in [2.24, 2.45) is 5.73 Å². The van der Waals surface area contributed by atoms with Crippen molar-refractivity contribution >= 4 is 5.69 Å². The van der Waals surface area contributed by atoms with E-state index in [1.807, 2.05) is 6.07 Å². The highest BCUT2D eigenvalue weighted by atomic mass is 16.3. The Morgan fingerprint density at radius 2 is 2.21 bits per heavy atom. The van der Waals surface area contributed by atoms with Gasteiger partial charge in [0.05, 0.1) is 19.1 Å². The third kappa shape index (κ3) is 2.22. The van der Waals surface area contributed by atoms with Crippen LogP contribution in [0.3, 0.4) is 0 Å². The van der Waals surface area contributed by atoms with Crippen molar-refractivity contribution < 1.29 is 5.11 Å². The minimum Gasteiger partial charge on any atom is -0.399 e. The van der Waals surface area contributed by atoms with Gasteiger partial charge >= 0.3 is 0 Å². The van der Waals surface area contributed by atoms with Gasteiger partial charge in [-0.1, -0.05) is 6.07 Å². The van der Waals surface area contributed by atoms with Crippen LogP contribution in [0.2, 0.25) is 0 Å². The SMILES string of the molecule is N#CC[C@@H](N)c1ccc(N)cc1CO. The molecule has 4 heteroatoms. The summed E-state index contributed by atoms with van der Waals surface area (Å²) in [7, 11) is 0. The average molecular weight is 191 g/mol. The molecule has 0 saturated heterocycles. The Hall–Kier alpha value is -1.57. The number of aliphatic hydroxyl groups excluding tert-OH is 1. The summed E-state index contributed by atoms with van der Waals surface area (Å²) in [5.74, 6) is 0. The molecule has 0 bridgehead atoms. The number of hydrogen-bond acceptors (Lipinski definition) is 4. The second-order valence-corrected chi connectivity index (χ2v) is 3.09. The molecule has 0 aliphatic carbocycles. The summed E-state index contributed by atoms with van der Waals surface area (Å²) in [6, 6.07) is 6.78. The molecule has 1 aromatic rings. The molecule has 0 aliphatic heterocycles. The van der Waals surface area contributed by atoms with Gasteiger partial charge in [-0.25, -0.2) is 0 Å². The van der Waals surface area contributed by atoms with E-state index >= 15 is 0 Å². The van der Waals surface area contributed by atoms with E-state index in [1.54, 1.807) is 18.2 Å². The lowest BCUT2D eigenvalue weighted by molar-refractivity contribution is 0.280. The Labute approximate surface area is 82.8 Å². The lowest BCUT2D eigenvalue weighted by Crippen LogP contribution is -2.12. The number of aliphatic hydroxyl groups is 1. The van der Waals surface area contributed by atoms with Gasteiger partial charge in [-0.05, 0) is 23.3 Å². The summed E-state index contributed by atoms with van der Waals surface area (Å²) in [5.41, 5.74) is 13.4. The van der Waals surface area contributed by atoms with Crippen LogP contribution in [0.5, 0.6) is 0 Å². The van der Waals surface area contributed by atoms with Crippen LogP contribution in [0.25, 0.3) is 0 Å². The molecule has 1 rings (SSSR count). The van der Waals surface area contributed by atoms with Crippen LogP contribution < -0.4 is 11.5 Å². The van der Waals surface area contributed by atoms with E-state index in [2.05, 4.69) is 0 Å². The highest BCUT2D eigenvalue weighted by Crippen LogP contribution is 2.21. The van der Waals surface area contributed by atoms with Crippen molar-refractivity contribution in [3.8, 4) is 6.07 Å². The standard InChI is InChI=1S/C10H13N3O/c11-4-3-10(13)9-2-1-8(12)5-7(9)6-14/h1-2,5,10,14H,3,6,12-13H2/t10-/m1/s1. The maximum absolute atomic E-state index is 9.07. The molecular weight excluding hydrogens is 178 g/mol. The summed E-state index contributed by atoms with van der Waals surface area (Å²) in [6.45, 7) is -0.112. The van der Waals surface area contributed by atoms with E-state index in [4.69, 9.17) is 21.8 Å². The number of benzene rings is 1. The highest BCUT2D eigenvalue weighted by molar-refractivity contribution is 5.45. The summed E-state index contributed by atoms with van der Waals surface area (Å²) in [5, 5.41) is 17.6. The van der Waals surface area contributed by atoms with E-state index < -0.39 is 0 Å². The largest absolute Gasteiger partial charge is 0.399 e. The summed E-state index contributed by atoms with van der Waals surface area (Å²) in [6.07, 6.45) is 0.233. The Morgan fingerprint density at radius 1 is 1.50 bits per heavy atom. The zero-order chi connectivity index (χ0) is 10.6. The highest BCUT2D eigenvalue weighted by Gasteiger charge is 2.10. The molecule has 0 heterocycles. The lowest BCUT2D eigenvalue weighted by Gasteiger charge is -2.12. The Kier molecular flexibility index (Phi) is 3.46. The molecule has 0 radical (unpaired) electrons. The van der Waals surface area contributed by atoms with Gasteiger partial charge in [0, 0.05) is 11.7 Å². The molecule has 4 nitrogen and oxygen atoms in total. The number of nitriles is 1. The predicted molar refractivity (Wildman–Crippen MR) is 53.9 cm³/mol. The molecule has 74 valence electrons. The van der Waals surface area contributed by atoms with Crippen LogP contribution >= 0.6 is 0 Å². The first-order chi connectivity index (χ1) is 6.69. The monoisotopic (exact) mass is 191 g/mol. The van der Waals surface area contributed by atoms with Gasteiger partial charge < -0.3 is 16.6 Å². The fourth-order valence-electron chi connectivity index (χ4n) is 1.33. The first-order valence-electron chi connectivity index (χ1n) is 4.30. The van der Waals surface area contributed by atoms with Gasteiger partial charge in [-0.2, -0.15) is 5.26 Å². The van der Waals surface area contributed by atoms with E-state index in [1.165, 1.54) is 0 Å². The van der Waals surface area contributed by atoms with Gasteiger partial charge in [0.15, 0.2) is 0 Å². The molecule has 0 amide bonds. The van der Waals surface area contributed by atoms with Gasteiger partial charge in [-0.15, -0.1) is 0 Å². The fourth-order valence-corrected chi connectivity index (χ4v) is 1.33. The minimum atomic E-state index is -0.359. The number of rotatable bonds is 3. The number of nitrogens with zero attached hydrogens (tertiary/aromatic N) is 1. The number of anilines is 1. The van der Waals surface area contributed by atoms with Crippen LogP contribution in [0, 0.1) is 11.3 Å². The number of nitrogens with two attached hydrogens (primary N) is 2. The Bertz CT molecular complexity index is 357. The second kappa shape index (κ2) is 4.61. The molecule has 1 atom stereocenters. The van der Waals surface area contributed by atoms with E-state index in [9.17, 15) is 0 Å². The predicted octanol–water partition coefficient (Wildman–Crippen LogP) is 0.675. The molecule has 0 saturated carbocycles. The summed E-state index contributed by atoms with van der Waals surface area (Å²) in [4.78, 5) is 0. The van der Waals surface area contributed by atoms with Crippen molar-refractivity contribution in [3.05, 3.63) is 29.3 Å². The minimum absolute atomic E-state index is 0.112. The van der Waals surface area contributed by atoms with Crippen molar-refractivity contribution in [1.82, 2.24) is 0 Å².